The van der Waals surface area contributed by atoms with Gasteiger partial charge in [-0.2, -0.15) is 13.2 Å². The summed E-state index contributed by atoms with van der Waals surface area (Å²) in [6.45, 7) is -1.03. The maximum absolute atomic E-state index is 13.7. The highest BCUT2D eigenvalue weighted by molar-refractivity contribution is 6.00. The van der Waals surface area contributed by atoms with E-state index >= 15 is 0 Å². The molecule has 0 aliphatic carbocycles. The number of rotatable bonds is 5. The summed E-state index contributed by atoms with van der Waals surface area (Å²) >= 11 is 0. The third-order valence-electron chi connectivity index (χ3n) is 4.67. The summed E-state index contributed by atoms with van der Waals surface area (Å²) in [6.07, 6.45) is -5.94. The molecule has 7 nitrogen and oxygen atoms in total. The fourth-order valence-electron chi connectivity index (χ4n) is 3.25. The van der Waals surface area contributed by atoms with Gasteiger partial charge in [0, 0.05) is 31.3 Å². The molecule has 1 aliphatic rings. The van der Waals surface area contributed by atoms with Gasteiger partial charge in [0.05, 0.1) is 18.7 Å². The molecule has 0 saturated heterocycles. The van der Waals surface area contributed by atoms with Crippen LogP contribution in [-0.4, -0.2) is 43.7 Å². The third-order valence-corrected chi connectivity index (χ3v) is 4.67. The van der Waals surface area contributed by atoms with Crippen molar-refractivity contribution in [2.75, 3.05) is 6.54 Å². The molecule has 13 heteroatoms. The fraction of sp³-hybridized carbons (Fsp3) is 0.333. The number of halogens is 6. The largest absolute Gasteiger partial charge is 0.476 e. The predicted octanol–water partition coefficient (Wildman–Crippen LogP) is 3.01. The second-order valence-corrected chi connectivity index (χ2v) is 6.82. The second-order valence-electron chi connectivity index (χ2n) is 6.82. The van der Waals surface area contributed by atoms with Crippen molar-refractivity contribution in [1.29, 1.82) is 5.41 Å². The molecule has 0 fully saturated rings. The Bertz CT molecular complexity index is 1080. The zero-order valence-electron chi connectivity index (χ0n) is 15.6. The Morgan fingerprint density at radius 3 is 2.35 bits per heavy atom. The molecule has 0 bridgehead atoms. The van der Waals surface area contributed by atoms with Crippen molar-refractivity contribution in [1.82, 2.24) is 14.5 Å². The zero-order chi connectivity index (χ0) is 23.1. The highest BCUT2D eigenvalue weighted by Crippen LogP contribution is 2.32. The van der Waals surface area contributed by atoms with Crippen LogP contribution in [0.5, 0.6) is 0 Å². The third kappa shape index (κ3) is 4.54. The lowest BCUT2D eigenvalue weighted by Gasteiger charge is -2.29. The first kappa shape index (κ1) is 22.3. The van der Waals surface area contributed by atoms with Crippen molar-refractivity contribution in [3.63, 3.8) is 0 Å². The van der Waals surface area contributed by atoms with Gasteiger partial charge in [-0.1, -0.05) is 0 Å². The Morgan fingerprint density at radius 2 is 1.74 bits per heavy atom. The number of carbonyl (C=O) groups excluding carboxylic acids is 1. The van der Waals surface area contributed by atoms with Gasteiger partial charge in [0.25, 0.3) is 0 Å². The van der Waals surface area contributed by atoms with Crippen LogP contribution in [0.3, 0.4) is 0 Å². The molecule has 31 heavy (non-hydrogen) atoms. The topological polar surface area (TPSA) is 99.3 Å². The molecule has 0 radical (unpaired) electrons. The number of aromatic carboxylic acids is 1. The predicted molar refractivity (Wildman–Crippen MR) is 92.0 cm³/mol. The molecule has 3 rings (SSSR count). The highest BCUT2D eigenvalue weighted by Gasteiger charge is 2.41. The quantitative estimate of drug-likeness (QED) is 0.417. The van der Waals surface area contributed by atoms with Gasteiger partial charge in [0.15, 0.2) is 17.3 Å². The first-order valence-electron chi connectivity index (χ1n) is 8.75. The SMILES string of the molecule is N=C(CC(=O)N1CCn2c(C(F)(F)F)nc(C(=O)O)c2C1)Cc1cc(F)c(F)cc1F. The molecule has 0 saturated carbocycles. The van der Waals surface area contributed by atoms with Gasteiger partial charge in [0.1, 0.15) is 5.82 Å². The van der Waals surface area contributed by atoms with Gasteiger partial charge in [-0.25, -0.2) is 22.9 Å². The van der Waals surface area contributed by atoms with Gasteiger partial charge >= 0.3 is 12.1 Å². The van der Waals surface area contributed by atoms with Gasteiger partial charge in [-0.3, -0.25) is 4.79 Å². The second kappa shape index (κ2) is 8.04. The number of carbonyl (C=O) groups is 2. The van der Waals surface area contributed by atoms with E-state index in [1.807, 2.05) is 0 Å². The van der Waals surface area contributed by atoms with Crippen molar-refractivity contribution in [2.24, 2.45) is 0 Å². The molecule has 2 heterocycles. The summed E-state index contributed by atoms with van der Waals surface area (Å²) < 4.78 is 80.0. The first-order chi connectivity index (χ1) is 14.4. The van der Waals surface area contributed by atoms with Gasteiger partial charge < -0.3 is 20.0 Å². The number of amides is 1. The van der Waals surface area contributed by atoms with Gasteiger partial charge in [-0.05, 0) is 11.6 Å². The van der Waals surface area contributed by atoms with Crippen molar-refractivity contribution in [3.8, 4) is 0 Å². The molecular weight excluding hydrogens is 434 g/mol. The highest BCUT2D eigenvalue weighted by atomic mass is 19.4. The van der Waals surface area contributed by atoms with Crippen LogP contribution in [0.15, 0.2) is 12.1 Å². The van der Waals surface area contributed by atoms with Crippen LogP contribution in [0.25, 0.3) is 0 Å². The standard InChI is InChI=1S/C18H14F6N4O3/c19-10-6-12(21)11(20)4-8(10)3-9(25)5-14(29)27-1-2-28-13(7-27)15(16(30)31)26-17(28)18(22,23)24/h4,6,25H,1-3,5,7H2,(H,30,31). The summed E-state index contributed by atoms with van der Waals surface area (Å²) in [6, 6.07) is 0.887. The number of benzene rings is 1. The number of carboxylic acid groups (broad SMARTS) is 1. The molecule has 2 N–H and O–H groups in total. The van der Waals surface area contributed by atoms with Crippen LogP contribution in [0, 0.1) is 22.9 Å². The van der Waals surface area contributed by atoms with Crippen LogP contribution in [0.4, 0.5) is 26.3 Å². The van der Waals surface area contributed by atoms with E-state index in [4.69, 9.17) is 10.5 Å². The number of imidazole rings is 1. The Balaban J connectivity index is 1.74. The molecule has 1 aromatic carbocycles. The number of hydrogen-bond acceptors (Lipinski definition) is 4. The number of fused-ring (bicyclic) bond motifs is 1. The molecule has 0 atom stereocenters. The summed E-state index contributed by atoms with van der Waals surface area (Å²) in [4.78, 5) is 27.9. The molecule has 166 valence electrons. The molecule has 0 unspecified atom stereocenters. The first-order valence-corrected chi connectivity index (χ1v) is 8.75. The number of nitrogens with zero attached hydrogens (tertiary/aromatic N) is 3. The lowest BCUT2D eigenvalue weighted by Crippen LogP contribution is -2.40. The molecular formula is C18H14F6N4O3. The summed E-state index contributed by atoms with van der Waals surface area (Å²) in [5, 5.41) is 17.0. The summed E-state index contributed by atoms with van der Waals surface area (Å²) in [5.74, 6) is -7.60. The van der Waals surface area contributed by atoms with E-state index in [-0.39, 0.29) is 30.1 Å². The van der Waals surface area contributed by atoms with E-state index in [2.05, 4.69) is 4.98 Å². The Morgan fingerprint density at radius 1 is 1.10 bits per heavy atom. The summed E-state index contributed by atoms with van der Waals surface area (Å²) in [5.41, 5.74) is -1.82. The smallest absolute Gasteiger partial charge is 0.449 e. The number of carboxylic acids is 1. The Labute approximate surface area is 170 Å². The molecule has 0 spiro atoms. The van der Waals surface area contributed by atoms with Crippen molar-refractivity contribution in [3.05, 3.63) is 52.4 Å². The van der Waals surface area contributed by atoms with Crippen molar-refractivity contribution < 1.29 is 41.0 Å². The average Bonchev–Trinajstić information content (AvgIpc) is 3.05. The van der Waals surface area contributed by atoms with Gasteiger partial charge in [-0.15, -0.1) is 0 Å². The molecule has 1 aliphatic heterocycles. The Hall–Kier alpha value is -3.38. The van der Waals surface area contributed by atoms with E-state index in [9.17, 15) is 35.9 Å². The van der Waals surface area contributed by atoms with Gasteiger partial charge in [0.2, 0.25) is 11.7 Å². The van der Waals surface area contributed by atoms with Crippen LogP contribution in [0.2, 0.25) is 0 Å². The normalized spacial score (nSPS) is 13.8. The van der Waals surface area contributed by atoms with E-state index < -0.39 is 66.4 Å². The van der Waals surface area contributed by atoms with E-state index in [0.717, 1.165) is 4.90 Å². The van der Waals surface area contributed by atoms with E-state index in [1.54, 1.807) is 0 Å². The maximum atomic E-state index is 13.7. The van der Waals surface area contributed by atoms with Crippen LogP contribution < -0.4 is 0 Å². The molecule has 2 aromatic rings. The van der Waals surface area contributed by atoms with Crippen LogP contribution in [-0.2, 0) is 30.5 Å². The molecule has 1 amide bonds. The minimum absolute atomic E-state index is 0.197. The molecule has 1 aromatic heterocycles. The lowest BCUT2D eigenvalue weighted by atomic mass is 10.0. The number of hydrogen-bond donors (Lipinski definition) is 2. The number of aromatic nitrogens is 2. The maximum Gasteiger partial charge on any atom is 0.449 e. The Kier molecular flexibility index (Phi) is 5.79. The van der Waals surface area contributed by atoms with Crippen LogP contribution >= 0.6 is 0 Å². The minimum atomic E-state index is -4.88. The van der Waals surface area contributed by atoms with E-state index in [0.29, 0.717) is 16.7 Å². The zero-order valence-corrected chi connectivity index (χ0v) is 15.6. The van der Waals surface area contributed by atoms with Crippen molar-refractivity contribution >= 4 is 17.6 Å². The fourth-order valence-corrected chi connectivity index (χ4v) is 3.25. The van der Waals surface area contributed by atoms with E-state index in [1.165, 1.54) is 0 Å². The number of nitrogens with one attached hydrogen (secondary N) is 1. The lowest BCUT2D eigenvalue weighted by molar-refractivity contribution is -0.148. The number of alkyl halides is 3. The monoisotopic (exact) mass is 448 g/mol. The summed E-state index contributed by atoms with van der Waals surface area (Å²) in [7, 11) is 0. The van der Waals surface area contributed by atoms with Crippen molar-refractivity contribution in [2.45, 2.75) is 32.1 Å². The average molecular weight is 448 g/mol. The van der Waals surface area contributed by atoms with Crippen LogP contribution in [0.1, 0.15) is 34.0 Å². The minimum Gasteiger partial charge on any atom is -0.476 e.